The quantitative estimate of drug-likeness (QED) is 0.582. The number of rotatable bonds is 3. The van der Waals surface area contributed by atoms with E-state index in [1.165, 1.54) is 12.2 Å². The molecule has 0 heterocycles. The average Bonchev–Trinajstić information content (AvgIpc) is 1.98. The van der Waals surface area contributed by atoms with Crippen LogP contribution in [0.3, 0.4) is 0 Å². The van der Waals surface area contributed by atoms with Crippen LogP contribution in [0, 0.1) is 0 Å². The van der Waals surface area contributed by atoms with Gasteiger partial charge in [-0.25, -0.2) is 4.79 Å². The van der Waals surface area contributed by atoms with Gasteiger partial charge in [-0.2, -0.15) is 0 Å². The summed E-state index contributed by atoms with van der Waals surface area (Å²) in [6, 6.07) is 0. The lowest BCUT2D eigenvalue weighted by Gasteiger charge is -1.96. The largest absolute Gasteiger partial charge is 0.478 e. The van der Waals surface area contributed by atoms with Crippen molar-refractivity contribution in [3.05, 3.63) is 34.9 Å². The number of carboxylic acid groups (broad SMARTS) is 1. The molecule has 0 saturated heterocycles. The fourth-order valence-corrected chi connectivity index (χ4v) is 0.828. The van der Waals surface area contributed by atoms with Gasteiger partial charge in [0, 0.05) is 4.48 Å². The minimum atomic E-state index is -0.963. The fraction of sp³-hybridized carbons (Fsp3) is 0.125. The Kier molecular flexibility index (Phi) is 4.54. The Labute approximate surface area is 74.0 Å². The third-order valence-corrected chi connectivity index (χ3v) is 1.91. The van der Waals surface area contributed by atoms with Crippen molar-refractivity contribution in [1.29, 1.82) is 0 Å². The summed E-state index contributed by atoms with van der Waals surface area (Å²) in [5.74, 6) is -0.963. The van der Waals surface area contributed by atoms with Crippen LogP contribution in [0.4, 0.5) is 0 Å². The first-order chi connectivity index (χ1) is 5.13. The van der Waals surface area contributed by atoms with E-state index >= 15 is 0 Å². The molecule has 0 aliphatic rings. The zero-order valence-corrected chi connectivity index (χ0v) is 7.76. The maximum Gasteiger partial charge on any atom is 0.336 e. The van der Waals surface area contributed by atoms with Gasteiger partial charge in [-0.1, -0.05) is 34.7 Å². The van der Waals surface area contributed by atoms with Crippen LogP contribution in [0.15, 0.2) is 34.9 Å². The maximum absolute atomic E-state index is 10.5. The van der Waals surface area contributed by atoms with Gasteiger partial charge >= 0.3 is 5.97 Å². The van der Waals surface area contributed by atoms with Crippen LogP contribution in [0.2, 0.25) is 0 Å². The summed E-state index contributed by atoms with van der Waals surface area (Å²) in [4.78, 5) is 10.5. The molecular weight excluding hydrogens is 208 g/mol. The van der Waals surface area contributed by atoms with Crippen LogP contribution in [0.5, 0.6) is 0 Å². The molecule has 0 spiro atoms. The Morgan fingerprint density at radius 2 is 2.18 bits per heavy atom. The number of hydrogen-bond acceptors (Lipinski definition) is 1. The van der Waals surface area contributed by atoms with Crippen molar-refractivity contribution in [3.63, 3.8) is 0 Å². The topological polar surface area (TPSA) is 37.3 Å². The Balaban J connectivity index is 4.76. The van der Waals surface area contributed by atoms with E-state index in [1.54, 1.807) is 13.0 Å². The summed E-state index contributed by atoms with van der Waals surface area (Å²) in [5.41, 5.74) is 0.211. The molecule has 11 heavy (non-hydrogen) atoms. The van der Waals surface area contributed by atoms with Gasteiger partial charge in [0.2, 0.25) is 0 Å². The molecule has 0 aromatic heterocycles. The van der Waals surface area contributed by atoms with Gasteiger partial charge < -0.3 is 5.11 Å². The Morgan fingerprint density at radius 3 is 2.45 bits per heavy atom. The van der Waals surface area contributed by atoms with E-state index in [-0.39, 0.29) is 5.57 Å². The highest BCUT2D eigenvalue weighted by molar-refractivity contribution is 9.12. The van der Waals surface area contributed by atoms with E-state index in [2.05, 4.69) is 22.5 Å². The lowest BCUT2D eigenvalue weighted by molar-refractivity contribution is -0.132. The number of halogens is 1. The van der Waals surface area contributed by atoms with E-state index < -0.39 is 5.97 Å². The summed E-state index contributed by atoms with van der Waals surface area (Å²) in [6.45, 7) is 5.17. The Bertz CT molecular complexity index is 226. The van der Waals surface area contributed by atoms with Crippen LogP contribution in [0.1, 0.15) is 6.92 Å². The normalized spacial score (nSPS) is 12.9. The molecule has 0 atom stereocenters. The zero-order valence-electron chi connectivity index (χ0n) is 6.17. The summed E-state index contributed by atoms with van der Waals surface area (Å²) < 4.78 is 0.560. The highest BCUT2D eigenvalue weighted by Gasteiger charge is 2.07. The second kappa shape index (κ2) is 4.91. The molecule has 0 aliphatic heterocycles. The van der Waals surface area contributed by atoms with E-state index in [9.17, 15) is 4.79 Å². The molecule has 3 heteroatoms. The SMILES string of the molecule is C=C/C=C(C(=O)O)\C(Br)=C/C. The predicted octanol–water partition coefficient (Wildman–Crippen LogP) is 2.48. The fourth-order valence-electron chi connectivity index (χ4n) is 0.526. The summed E-state index contributed by atoms with van der Waals surface area (Å²) >= 11 is 3.11. The molecule has 60 valence electrons. The summed E-state index contributed by atoms with van der Waals surface area (Å²) in [6.07, 6.45) is 4.55. The molecule has 0 radical (unpaired) electrons. The predicted molar refractivity (Wildman–Crippen MR) is 48.6 cm³/mol. The van der Waals surface area contributed by atoms with Crippen LogP contribution in [0.25, 0.3) is 0 Å². The van der Waals surface area contributed by atoms with Gasteiger partial charge in [-0.15, -0.1) is 0 Å². The van der Waals surface area contributed by atoms with E-state index in [0.717, 1.165) is 0 Å². The van der Waals surface area contributed by atoms with E-state index in [0.29, 0.717) is 4.48 Å². The average molecular weight is 217 g/mol. The third-order valence-electron chi connectivity index (χ3n) is 1.03. The first-order valence-corrected chi connectivity index (χ1v) is 3.81. The Morgan fingerprint density at radius 1 is 1.64 bits per heavy atom. The van der Waals surface area contributed by atoms with Crippen LogP contribution in [-0.4, -0.2) is 11.1 Å². The molecular formula is C8H9BrO2. The molecule has 1 N–H and O–H groups in total. The standard InChI is InChI=1S/C8H9BrO2/c1-3-5-6(8(10)11)7(9)4-2/h3-5H,1H2,2H3,(H,10,11)/b6-5+,7-4+. The van der Waals surface area contributed by atoms with Gasteiger partial charge in [-0.3, -0.25) is 0 Å². The lowest BCUT2D eigenvalue weighted by Crippen LogP contribution is -1.99. The van der Waals surface area contributed by atoms with Gasteiger partial charge in [0.05, 0.1) is 5.57 Å². The highest BCUT2D eigenvalue weighted by Crippen LogP contribution is 2.16. The number of carboxylic acids is 1. The van der Waals surface area contributed by atoms with Crippen molar-refractivity contribution in [1.82, 2.24) is 0 Å². The minimum Gasteiger partial charge on any atom is -0.478 e. The Hall–Kier alpha value is -0.830. The number of hydrogen-bond donors (Lipinski definition) is 1. The number of allylic oxidation sites excluding steroid dienone is 3. The third kappa shape index (κ3) is 3.18. The van der Waals surface area contributed by atoms with Gasteiger partial charge in [0.15, 0.2) is 0 Å². The molecule has 0 amide bonds. The van der Waals surface area contributed by atoms with Crippen molar-refractivity contribution in [2.24, 2.45) is 0 Å². The zero-order chi connectivity index (χ0) is 8.85. The molecule has 0 unspecified atom stereocenters. The summed E-state index contributed by atoms with van der Waals surface area (Å²) in [7, 11) is 0. The van der Waals surface area contributed by atoms with Gasteiger partial charge in [-0.05, 0) is 13.0 Å². The van der Waals surface area contributed by atoms with Crippen LogP contribution >= 0.6 is 15.9 Å². The first-order valence-electron chi connectivity index (χ1n) is 3.01. The lowest BCUT2D eigenvalue weighted by atomic mass is 10.2. The summed E-state index contributed by atoms with van der Waals surface area (Å²) in [5, 5.41) is 8.62. The van der Waals surface area contributed by atoms with Crippen LogP contribution < -0.4 is 0 Å². The minimum absolute atomic E-state index is 0.211. The molecule has 0 rings (SSSR count). The molecule has 2 nitrogen and oxygen atoms in total. The monoisotopic (exact) mass is 216 g/mol. The van der Waals surface area contributed by atoms with Crippen molar-refractivity contribution in [3.8, 4) is 0 Å². The van der Waals surface area contributed by atoms with E-state index in [1.807, 2.05) is 0 Å². The second-order valence-electron chi connectivity index (χ2n) is 1.76. The van der Waals surface area contributed by atoms with Crippen molar-refractivity contribution in [2.45, 2.75) is 6.92 Å². The molecule has 0 aromatic rings. The maximum atomic E-state index is 10.5. The van der Waals surface area contributed by atoms with Crippen molar-refractivity contribution < 1.29 is 9.90 Å². The molecule has 0 aliphatic carbocycles. The smallest absolute Gasteiger partial charge is 0.336 e. The molecule has 0 saturated carbocycles. The molecule has 0 fully saturated rings. The van der Waals surface area contributed by atoms with Crippen molar-refractivity contribution in [2.75, 3.05) is 0 Å². The van der Waals surface area contributed by atoms with Gasteiger partial charge in [0.25, 0.3) is 0 Å². The van der Waals surface area contributed by atoms with Crippen molar-refractivity contribution >= 4 is 21.9 Å². The molecule has 0 aromatic carbocycles. The van der Waals surface area contributed by atoms with Gasteiger partial charge in [0.1, 0.15) is 0 Å². The number of aliphatic carboxylic acids is 1. The molecule has 0 bridgehead atoms. The second-order valence-corrected chi connectivity index (χ2v) is 2.61. The number of carbonyl (C=O) groups is 1. The first kappa shape index (κ1) is 10.2. The van der Waals surface area contributed by atoms with E-state index in [4.69, 9.17) is 5.11 Å². The highest BCUT2D eigenvalue weighted by atomic mass is 79.9. The van der Waals surface area contributed by atoms with Crippen LogP contribution in [-0.2, 0) is 4.79 Å².